The van der Waals surface area contributed by atoms with Crippen molar-refractivity contribution < 1.29 is 14.1 Å². The van der Waals surface area contributed by atoms with E-state index >= 15 is 0 Å². The molecule has 4 nitrogen and oxygen atoms in total. The Labute approximate surface area is 133 Å². The third-order valence-corrected chi connectivity index (χ3v) is 4.52. The lowest BCUT2D eigenvalue weighted by Gasteiger charge is -2.32. The molecule has 1 fully saturated rings. The molecule has 0 unspecified atom stereocenters. The number of hydrogen-bond donors (Lipinski definition) is 1. The van der Waals surface area contributed by atoms with E-state index in [0.29, 0.717) is 6.54 Å². The van der Waals surface area contributed by atoms with Crippen LogP contribution in [0.15, 0.2) is 24.3 Å². The summed E-state index contributed by atoms with van der Waals surface area (Å²) in [6.45, 7) is 10.5. The highest BCUT2D eigenvalue weighted by Crippen LogP contribution is 2.36. The molecule has 0 saturated carbocycles. The molecule has 1 aliphatic rings. The summed E-state index contributed by atoms with van der Waals surface area (Å²) in [6, 6.07) is 8.34. The van der Waals surface area contributed by atoms with Gasteiger partial charge in [-0.2, -0.15) is 0 Å². The Balaban J connectivity index is 1.91. The van der Waals surface area contributed by atoms with Crippen molar-refractivity contribution in [3.05, 3.63) is 29.8 Å². The van der Waals surface area contributed by atoms with E-state index in [0.717, 1.165) is 18.3 Å². The Kier molecular flexibility index (Phi) is 4.98. The monoisotopic (exact) mass is 303 g/mol. The SMILES string of the molecule is CC(=O)NCCCc1ccc(B2OC(C)(C)C(C)(C)O2)cc1. The van der Waals surface area contributed by atoms with Gasteiger partial charge in [-0.3, -0.25) is 4.79 Å². The minimum Gasteiger partial charge on any atom is -0.399 e. The van der Waals surface area contributed by atoms with Gasteiger partial charge in [0.1, 0.15) is 0 Å². The molecule has 120 valence electrons. The fraction of sp³-hybridized carbons (Fsp3) is 0.588. The van der Waals surface area contributed by atoms with Gasteiger partial charge >= 0.3 is 7.12 Å². The van der Waals surface area contributed by atoms with Crippen molar-refractivity contribution in [2.45, 2.75) is 58.7 Å². The third-order valence-electron chi connectivity index (χ3n) is 4.52. The zero-order valence-corrected chi connectivity index (χ0v) is 14.2. The molecule has 5 heteroatoms. The molecule has 2 rings (SSSR count). The van der Waals surface area contributed by atoms with Crippen LogP contribution in [0.2, 0.25) is 0 Å². The summed E-state index contributed by atoms with van der Waals surface area (Å²) in [5, 5.41) is 2.81. The summed E-state index contributed by atoms with van der Waals surface area (Å²) in [4.78, 5) is 10.8. The largest absolute Gasteiger partial charge is 0.494 e. The lowest BCUT2D eigenvalue weighted by molar-refractivity contribution is -0.118. The summed E-state index contributed by atoms with van der Waals surface area (Å²) in [5.41, 5.74) is 1.68. The van der Waals surface area contributed by atoms with Crippen molar-refractivity contribution in [1.82, 2.24) is 5.32 Å². The predicted molar refractivity (Wildman–Crippen MR) is 89.2 cm³/mol. The predicted octanol–water partition coefficient (Wildman–Crippen LogP) is 2.05. The van der Waals surface area contributed by atoms with Crippen LogP contribution in [-0.4, -0.2) is 30.8 Å². The first-order chi connectivity index (χ1) is 10.2. The van der Waals surface area contributed by atoms with Crippen molar-refractivity contribution in [2.75, 3.05) is 6.54 Å². The van der Waals surface area contributed by atoms with Gasteiger partial charge in [0, 0.05) is 13.5 Å². The van der Waals surface area contributed by atoms with Gasteiger partial charge in [0.05, 0.1) is 11.2 Å². The van der Waals surface area contributed by atoms with Crippen LogP contribution >= 0.6 is 0 Å². The van der Waals surface area contributed by atoms with Crippen LogP contribution in [0, 0.1) is 0 Å². The molecule has 1 aliphatic heterocycles. The number of rotatable bonds is 5. The minimum atomic E-state index is -0.311. The molecular weight excluding hydrogens is 277 g/mol. The van der Waals surface area contributed by atoms with E-state index in [4.69, 9.17) is 9.31 Å². The van der Waals surface area contributed by atoms with Crippen LogP contribution in [0.5, 0.6) is 0 Å². The number of nitrogens with one attached hydrogen (secondary N) is 1. The summed E-state index contributed by atoms with van der Waals surface area (Å²) in [6.07, 6.45) is 1.89. The number of benzene rings is 1. The number of amides is 1. The first-order valence-corrected chi connectivity index (χ1v) is 7.90. The molecule has 22 heavy (non-hydrogen) atoms. The van der Waals surface area contributed by atoms with Crippen molar-refractivity contribution >= 4 is 18.5 Å². The number of hydrogen-bond acceptors (Lipinski definition) is 3. The van der Waals surface area contributed by atoms with Gasteiger partial charge in [0.2, 0.25) is 5.91 Å². The fourth-order valence-electron chi connectivity index (χ4n) is 2.38. The number of carbonyl (C=O) groups excluding carboxylic acids is 1. The van der Waals surface area contributed by atoms with Gasteiger partial charge in [0.15, 0.2) is 0 Å². The molecule has 0 radical (unpaired) electrons. The average molecular weight is 303 g/mol. The quantitative estimate of drug-likeness (QED) is 0.669. The molecule has 1 saturated heterocycles. The highest BCUT2D eigenvalue weighted by atomic mass is 16.7. The molecule has 0 bridgehead atoms. The van der Waals surface area contributed by atoms with E-state index in [2.05, 4.69) is 57.3 Å². The Morgan fingerprint density at radius 1 is 1.09 bits per heavy atom. The molecule has 0 atom stereocenters. The molecular formula is C17H26BNO3. The van der Waals surface area contributed by atoms with E-state index < -0.39 is 0 Å². The average Bonchev–Trinajstić information content (AvgIpc) is 2.64. The Bertz CT molecular complexity index is 509. The third kappa shape index (κ3) is 3.90. The number of carbonyl (C=O) groups is 1. The van der Waals surface area contributed by atoms with Crippen molar-refractivity contribution in [2.24, 2.45) is 0 Å². The van der Waals surface area contributed by atoms with Crippen molar-refractivity contribution in [3.8, 4) is 0 Å². The topological polar surface area (TPSA) is 47.6 Å². The van der Waals surface area contributed by atoms with E-state index in [-0.39, 0.29) is 24.2 Å². The molecule has 1 aromatic carbocycles. The van der Waals surface area contributed by atoms with Crippen LogP contribution < -0.4 is 10.8 Å². The molecule has 1 heterocycles. The smallest absolute Gasteiger partial charge is 0.399 e. The maximum absolute atomic E-state index is 10.8. The van der Waals surface area contributed by atoms with Crippen molar-refractivity contribution in [1.29, 1.82) is 0 Å². The Morgan fingerprint density at radius 2 is 1.64 bits per heavy atom. The number of aryl methyl sites for hydroxylation is 1. The standard InChI is InChI=1S/C17H26BNO3/c1-13(20)19-12-6-7-14-8-10-15(11-9-14)18-21-16(2,3)17(4,5)22-18/h8-11H,6-7,12H2,1-5H3,(H,19,20). The molecule has 0 aromatic heterocycles. The van der Waals surface area contributed by atoms with Gasteiger partial charge < -0.3 is 14.6 Å². The van der Waals surface area contributed by atoms with E-state index in [1.165, 1.54) is 5.56 Å². The molecule has 1 aromatic rings. The summed E-state index contributed by atoms with van der Waals surface area (Å²) < 4.78 is 12.1. The Hall–Kier alpha value is -1.33. The highest BCUT2D eigenvalue weighted by molar-refractivity contribution is 6.62. The lowest BCUT2D eigenvalue weighted by atomic mass is 9.78. The maximum atomic E-state index is 10.8. The summed E-state index contributed by atoms with van der Waals surface area (Å²) in [5.74, 6) is 0.0242. The molecule has 0 spiro atoms. The second-order valence-electron chi connectivity index (χ2n) is 6.92. The molecule has 1 N–H and O–H groups in total. The zero-order valence-electron chi connectivity index (χ0n) is 14.2. The van der Waals surface area contributed by atoms with Crippen LogP contribution in [0.25, 0.3) is 0 Å². The van der Waals surface area contributed by atoms with Gasteiger partial charge in [0.25, 0.3) is 0 Å². The second kappa shape index (κ2) is 6.43. The Morgan fingerprint density at radius 3 is 2.14 bits per heavy atom. The van der Waals surface area contributed by atoms with Gasteiger partial charge in [-0.1, -0.05) is 24.3 Å². The fourth-order valence-corrected chi connectivity index (χ4v) is 2.38. The molecule has 1 amide bonds. The second-order valence-corrected chi connectivity index (χ2v) is 6.92. The normalized spacial score (nSPS) is 19.2. The van der Waals surface area contributed by atoms with E-state index in [1.54, 1.807) is 6.92 Å². The molecule has 0 aliphatic carbocycles. The van der Waals surface area contributed by atoms with Gasteiger partial charge in [-0.25, -0.2) is 0 Å². The van der Waals surface area contributed by atoms with Crippen LogP contribution in [0.3, 0.4) is 0 Å². The highest BCUT2D eigenvalue weighted by Gasteiger charge is 2.51. The maximum Gasteiger partial charge on any atom is 0.494 e. The minimum absolute atomic E-state index is 0.0242. The van der Waals surface area contributed by atoms with E-state index in [1.807, 2.05) is 0 Å². The summed E-state index contributed by atoms with van der Waals surface area (Å²) >= 11 is 0. The van der Waals surface area contributed by atoms with Crippen LogP contribution in [-0.2, 0) is 20.5 Å². The van der Waals surface area contributed by atoms with Crippen molar-refractivity contribution in [3.63, 3.8) is 0 Å². The first kappa shape index (κ1) is 17.0. The van der Waals surface area contributed by atoms with Crippen LogP contribution in [0.1, 0.15) is 46.6 Å². The first-order valence-electron chi connectivity index (χ1n) is 7.90. The lowest BCUT2D eigenvalue weighted by Crippen LogP contribution is -2.41. The van der Waals surface area contributed by atoms with Crippen LogP contribution in [0.4, 0.5) is 0 Å². The summed E-state index contributed by atoms with van der Waals surface area (Å²) in [7, 11) is -0.307. The van der Waals surface area contributed by atoms with E-state index in [9.17, 15) is 4.79 Å². The van der Waals surface area contributed by atoms with Gasteiger partial charge in [-0.05, 0) is 51.6 Å². The van der Waals surface area contributed by atoms with Gasteiger partial charge in [-0.15, -0.1) is 0 Å². The zero-order chi connectivity index (χ0) is 16.4.